The van der Waals surface area contributed by atoms with Crippen molar-refractivity contribution in [1.82, 2.24) is 4.98 Å². The molecule has 2 N–H and O–H groups in total. The molecule has 5 nitrogen and oxygen atoms in total. The van der Waals surface area contributed by atoms with Gasteiger partial charge in [0, 0.05) is 17.9 Å². The Morgan fingerprint density at radius 1 is 1.73 bits per heavy atom. The molecule has 1 atom stereocenters. The summed E-state index contributed by atoms with van der Waals surface area (Å²) in [4.78, 5) is 15.0. The first-order chi connectivity index (χ1) is 7.17. The highest BCUT2D eigenvalue weighted by atomic mass is 16.5. The predicted octanol–water partition coefficient (Wildman–Crippen LogP) is 0.661. The second-order valence-electron chi connectivity index (χ2n) is 3.15. The minimum absolute atomic E-state index is 0.0237. The van der Waals surface area contributed by atoms with E-state index >= 15 is 0 Å². The van der Waals surface area contributed by atoms with Crippen LogP contribution in [0.1, 0.15) is 17.4 Å². The fourth-order valence-electron chi connectivity index (χ4n) is 1.07. The summed E-state index contributed by atoms with van der Waals surface area (Å²) in [5, 5.41) is 11.9. The number of anilines is 1. The van der Waals surface area contributed by atoms with Gasteiger partial charge in [-0.05, 0) is 19.1 Å². The summed E-state index contributed by atoms with van der Waals surface area (Å²) in [6.45, 7) is 1.86. The minimum Gasteiger partial charge on any atom is -0.464 e. The molecule has 0 saturated carbocycles. The van der Waals surface area contributed by atoms with Crippen LogP contribution in [0.5, 0.6) is 0 Å². The zero-order valence-electron chi connectivity index (χ0n) is 8.73. The van der Waals surface area contributed by atoms with Gasteiger partial charge < -0.3 is 15.2 Å². The first-order valence-electron chi connectivity index (χ1n) is 4.59. The molecule has 0 saturated heterocycles. The number of methoxy groups -OCH3 is 1. The summed E-state index contributed by atoms with van der Waals surface area (Å²) < 4.78 is 4.54. The van der Waals surface area contributed by atoms with Crippen molar-refractivity contribution >= 4 is 11.7 Å². The summed E-state index contributed by atoms with van der Waals surface area (Å²) in [6, 6.07) is 3.23. The topological polar surface area (TPSA) is 71.5 Å². The van der Waals surface area contributed by atoms with Crippen LogP contribution in [0.15, 0.2) is 18.3 Å². The summed E-state index contributed by atoms with van der Waals surface area (Å²) >= 11 is 0. The van der Waals surface area contributed by atoms with E-state index < -0.39 is 5.97 Å². The number of hydrogen-bond acceptors (Lipinski definition) is 5. The number of hydrogen-bond donors (Lipinski definition) is 2. The molecule has 0 aliphatic carbocycles. The van der Waals surface area contributed by atoms with Gasteiger partial charge in [0.2, 0.25) is 0 Å². The average molecular weight is 210 g/mol. The molecule has 0 bridgehead atoms. The number of carbonyl (C=O) groups excluding carboxylic acids is 1. The van der Waals surface area contributed by atoms with Crippen molar-refractivity contribution in [3.63, 3.8) is 0 Å². The largest absolute Gasteiger partial charge is 0.464 e. The Labute approximate surface area is 88.1 Å². The van der Waals surface area contributed by atoms with Gasteiger partial charge in [-0.1, -0.05) is 0 Å². The zero-order chi connectivity index (χ0) is 11.3. The third-order valence-corrected chi connectivity index (χ3v) is 1.84. The Bertz CT molecular complexity index is 341. The first kappa shape index (κ1) is 11.5. The normalized spacial score (nSPS) is 11.9. The maximum Gasteiger partial charge on any atom is 0.356 e. The monoisotopic (exact) mass is 210 g/mol. The number of nitrogens with one attached hydrogen (secondary N) is 1. The van der Waals surface area contributed by atoms with E-state index in [-0.39, 0.29) is 18.3 Å². The van der Waals surface area contributed by atoms with Crippen LogP contribution in [0.25, 0.3) is 0 Å². The summed E-state index contributed by atoms with van der Waals surface area (Å²) in [6.07, 6.45) is 1.51. The highest BCUT2D eigenvalue weighted by Gasteiger charge is 2.08. The highest BCUT2D eigenvalue weighted by molar-refractivity contribution is 5.88. The molecule has 0 amide bonds. The Morgan fingerprint density at radius 2 is 2.47 bits per heavy atom. The van der Waals surface area contributed by atoms with Gasteiger partial charge in [0.25, 0.3) is 0 Å². The van der Waals surface area contributed by atoms with Gasteiger partial charge >= 0.3 is 5.97 Å². The van der Waals surface area contributed by atoms with E-state index in [2.05, 4.69) is 15.0 Å². The average Bonchev–Trinajstić information content (AvgIpc) is 2.28. The molecule has 0 spiro atoms. The van der Waals surface area contributed by atoms with E-state index in [0.717, 1.165) is 5.69 Å². The molecule has 1 aromatic rings. The number of esters is 1. The standard InChI is InChI=1S/C10H14N2O3/c1-7(6-13)12-8-3-4-11-9(5-8)10(14)15-2/h3-5,7,13H,6H2,1-2H3,(H,11,12). The summed E-state index contributed by atoms with van der Waals surface area (Å²) in [5.74, 6) is -0.477. The summed E-state index contributed by atoms with van der Waals surface area (Å²) in [7, 11) is 1.31. The van der Waals surface area contributed by atoms with Crippen LogP contribution >= 0.6 is 0 Å². The van der Waals surface area contributed by atoms with Gasteiger partial charge in [0.15, 0.2) is 0 Å². The van der Waals surface area contributed by atoms with Crippen LogP contribution in [0, 0.1) is 0 Å². The maximum absolute atomic E-state index is 11.2. The molecule has 1 rings (SSSR count). The quantitative estimate of drug-likeness (QED) is 0.714. The fraction of sp³-hybridized carbons (Fsp3) is 0.400. The number of carbonyl (C=O) groups is 1. The van der Waals surface area contributed by atoms with E-state index in [9.17, 15) is 4.79 Å². The number of aromatic nitrogens is 1. The Kier molecular flexibility index (Phi) is 4.05. The SMILES string of the molecule is COC(=O)c1cc(NC(C)CO)ccn1. The van der Waals surface area contributed by atoms with Crippen LogP contribution in [-0.2, 0) is 4.74 Å². The lowest BCUT2D eigenvalue weighted by molar-refractivity contribution is 0.0594. The van der Waals surface area contributed by atoms with Crippen molar-refractivity contribution in [2.45, 2.75) is 13.0 Å². The van der Waals surface area contributed by atoms with Crippen molar-refractivity contribution < 1.29 is 14.6 Å². The van der Waals surface area contributed by atoms with Crippen molar-refractivity contribution in [3.05, 3.63) is 24.0 Å². The van der Waals surface area contributed by atoms with Crippen LogP contribution in [0.2, 0.25) is 0 Å². The van der Waals surface area contributed by atoms with Crippen LogP contribution in [-0.4, -0.2) is 35.8 Å². The summed E-state index contributed by atoms with van der Waals surface area (Å²) in [5.41, 5.74) is 0.972. The van der Waals surface area contributed by atoms with Crippen molar-refractivity contribution in [3.8, 4) is 0 Å². The molecule has 1 heterocycles. The van der Waals surface area contributed by atoms with Crippen LogP contribution < -0.4 is 5.32 Å². The van der Waals surface area contributed by atoms with Crippen LogP contribution in [0.3, 0.4) is 0 Å². The Balaban J connectivity index is 2.78. The second kappa shape index (κ2) is 5.31. The smallest absolute Gasteiger partial charge is 0.356 e. The first-order valence-corrected chi connectivity index (χ1v) is 4.59. The van der Waals surface area contributed by atoms with Gasteiger partial charge in [-0.15, -0.1) is 0 Å². The number of aliphatic hydroxyl groups excluding tert-OH is 1. The fourth-order valence-corrected chi connectivity index (χ4v) is 1.07. The molecule has 82 valence electrons. The zero-order valence-corrected chi connectivity index (χ0v) is 8.73. The van der Waals surface area contributed by atoms with Gasteiger partial charge in [0.05, 0.1) is 13.7 Å². The lowest BCUT2D eigenvalue weighted by Gasteiger charge is -2.12. The molecule has 0 aliphatic heterocycles. The van der Waals surface area contributed by atoms with Gasteiger partial charge in [-0.2, -0.15) is 0 Å². The molecule has 1 unspecified atom stereocenters. The highest BCUT2D eigenvalue weighted by Crippen LogP contribution is 2.09. The maximum atomic E-state index is 11.2. The third-order valence-electron chi connectivity index (χ3n) is 1.84. The van der Waals surface area contributed by atoms with Crippen molar-refractivity contribution in [2.24, 2.45) is 0 Å². The van der Waals surface area contributed by atoms with E-state index in [0.29, 0.717) is 0 Å². The second-order valence-corrected chi connectivity index (χ2v) is 3.15. The Hall–Kier alpha value is -1.62. The molecule has 1 aromatic heterocycles. The molecule has 0 aliphatic rings. The van der Waals surface area contributed by atoms with Crippen LogP contribution in [0.4, 0.5) is 5.69 Å². The van der Waals surface area contributed by atoms with E-state index in [1.807, 2.05) is 6.92 Å². The van der Waals surface area contributed by atoms with Gasteiger partial charge in [-0.3, -0.25) is 0 Å². The minimum atomic E-state index is -0.477. The van der Waals surface area contributed by atoms with E-state index in [1.54, 1.807) is 12.1 Å². The predicted molar refractivity (Wildman–Crippen MR) is 55.7 cm³/mol. The Morgan fingerprint density at radius 3 is 3.07 bits per heavy atom. The molecular formula is C10H14N2O3. The van der Waals surface area contributed by atoms with E-state index in [4.69, 9.17) is 5.11 Å². The number of pyridine rings is 1. The van der Waals surface area contributed by atoms with Crippen molar-refractivity contribution in [2.75, 3.05) is 19.0 Å². The number of rotatable bonds is 4. The molecule has 0 radical (unpaired) electrons. The van der Waals surface area contributed by atoms with Gasteiger partial charge in [-0.25, -0.2) is 9.78 Å². The molecule has 5 heteroatoms. The molecule has 15 heavy (non-hydrogen) atoms. The van der Waals surface area contributed by atoms with E-state index in [1.165, 1.54) is 13.3 Å². The lowest BCUT2D eigenvalue weighted by Crippen LogP contribution is -2.19. The third kappa shape index (κ3) is 3.21. The molecule has 0 aromatic carbocycles. The molecule has 0 fully saturated rings. The number of ether oxygens (including phenoxy) is 1. The number of nitrogens with zero attached hydrogens (tertiary/aromatic N) is 1. The van der Waals surface area contributed by atoms with Gasteiger partial charge in [0.1, 0.15) is 5.69 Å². The lowest BCUT2D eigenvalue weighted by atomic mass is 10.3. The number of aliphatic hydroxyl groups is 1. The van der Waals surface area contributed by atoms with Crippen molar-refractivity contribution in [1.29, 1.82) is 0 Å². The molecular weight excluding hydrogens is 196 g/mol.